The van der Waals surface area contributed by atoms with Gasteiger partial charge in [-0.3, -0.25) is 0 Å². The predicted molar refractivity (Wildman–Crippen MR) is 86.0 cm³/mol. The van der Waals surface area contributed by atoms with Crippen molar-refractivity contribution in [3.8, 4) is 0 Å². The molecule has 0 unspecified atom stereocenters. The highest BCUT2D eigenvalue weighted by Gasteiger charge is 2.35. The zero-order valence-electron chi connectivity index (χ0n) is 14.2. The van der Waals surface area contributed by atoms with Gasteiger partial charge in [0.15, 0.2) is 5.82 Å². The summed E-state index contributed by atoms with van der Waals surface area (Å²) < 4.78 is 1.93. The lowest BCUT2D eigenvalue weighted by atomic mass is 10.0. The predicted octanol–water partition coefficient (Wildman–Crippen LogP) is 1.65. The van der Waals surface area contributed by atoms with Crippen LogP contribution in [0.15, 0.2) is 0 Å². The van der Waals surface area contributed by atoms with Crippen molar-refractivity contribution in [1.29, 1.82) is 0 Å². The molecule has 2 N–H and O–H groups in total. The lowest BCUT2D eigenvalue weighted by Gasteiger charge is -2.29. The molecular weight excluding hydrogens is 294 g/mol. The van der Waals surface area contributed by atoms with Crippen LogP contribution in [0, 0.1) is 5.92 Å². The molecular formula is C16H27N5O2. The van der Waals surface area contributed by atoms with Gasteiger partial charge in [-0.2, -0.15) is 5.10 Å². The summed E-state index contributed by atoms with van der Waals surface area (Å²) >= 11 is 0. The summed E-state index contributed by atoms with van der Waals surface area (Å²) in [6, 6.07) is -0.268. The SMILES string of the molecule is CC(C)c1nc2n(n1)CCC[C@@H]2NC(=O)N1CC[C@H](C)[C@H]1CO. The molecule has 2 amide bonds. The Morgan fingerprint density at radius 2 is 2.17 bits per heavy atom. The quantitative estimate of drug-likeness (QED) is 0.887. The van der Waals surface area contributed by atoms with E-state index >= 15 is 0 Å². The van der Waals surface area contributed by atoms with Crippen LogP contribution >= 0.6 is 0 Å². The van der Waals surface area contributed by atoms with Crippen LogP contribution in [-0.4, -0.2) is 50.0 Å². The first kappa shape index (κ1) is 16.2. The fraction of sp³-hybridized carbons (Fsp3) is 0.812. The first-order valence-corrected chi connectivity index (χ1v) is 8.64. The molecule has 2 aliphatic rings. The molecule has 128 valence electrons. The summed E-state index contributed by atoms with van der Waals surface area (Å²) in [5.74, 6) is 2.32. The van der Waals surface area contributed by atoms with Crippen molar-refractivity contribution >= 4 is 6.03 Å². The van der Waals surface area contributed by atoms with Gasteiger partial charge in [0.05, 0.1) is 18.7 Å². The second kappa shape index (κ2) is 6.47. The van der Waals surface area contributed by atoms with Crippen molar-refractivity contribution in [1.82, 2.24) is 25.0 Å². The van der Waals surface area contributed by atoms with Crippen LogP contribution in [-0.2, 0) is 6.54 Å². The van der Waals surface area contributed by atoms with Crippen LogP contribution in [0.25, 0.3) is 0 Å². The number of carbonyl (C=O) groups is 1. The maximum atomic E-state index is 12.6. The van der Waals surface area contributed by atoms with Crippen LogP contribution in [0.4, 0.5) is 4.79 Å². The lowest BCUT2D eigenvalue weighted by molar-refractivity contribution is 0.140. The molecule has 1 saturated heterocycles. The highest BCUT2D eigenvalue weighted by molar-refractivity contribution is 5.75. The summed E-state index contributed by atoms with van der Waals surface area (Å²) in [6.07, 6.45) is 2.81. The van der Waals surface area contributed by atoms with Gasteiger partial charge in [0, 0.05) is 19.0 Å². The van der Waals surface area contributed by atoms with Crippen LogP contribution in [0.5, 0.6) is 0 Å². The standard InChI is InChI=1S/C16H27N5O2/c1-10(2)14-18-15-12(5-4-7-21(15)19-14)17-16(23)20-8-6-11(3)13(20)9-22/h10-13,22H,4-9H2,1-3H3,(H,17,23)/t11-,12-,13+/m0/s1. The molecule has 3 heterocycles. The third kappa shape index (κ3) is 3.06. The highest BCUT2D eigenvalue weighted by atomic mass is 16.3. The maximum Gasteiger partial charge on any atom is 0.318 e. The minimum Gasteiger partial charge on any atom is -0.394 e. The van der Waals surface area contributed by atoms with Crippen molar-refractivity contribution in [2.75, 3.05) is 13.2 Å². The van der Waals surface area contributed by atoms with E-state index in [4.69, 9.17) is 0 Å². The van der Waals surface area contributed by atoms with E-state index in [1.807, 2.05) is 4.68 Å². The van der Waals surface area contributed by atoms with E-state index in [0.717, 1.165) is 37.5 Å². The fourth-order valence-electron chi connectivity index (χ4n) is 3.52. The van der Waals surface area contributed by atoms with Crippen LogP contribution in [0.2, 0.25) is 0 Å². The Labute approximate surface area is 137 Å². The second-order valence-corrected chi connectivity index (χ2v) is 7.06. The van der Waals surface area contributed by atoms with E-state index < -0.39 is 0 Å². The molecule has 1 aromatic heterocycles. The van der Waals surface area contributed by atoms with Gasteiger partial charge >= 0.3 is 6.03 Å². The minimum absolute atomic E-state index is 0.0208. The third-order valence-corrected chi connectivity index (χ3v) is 5.04. The Hall–Kier alpha value is -1.63. The Kier molecular flexibility index (Phi) is 4.57. The molecule has 2 aliphatic heterocycles. The van der Waals surface area contributed by atoms with Crippen molar-refractivity contribution < 1.29 is 9.90 Å². The maximum absolute atomic E-state index is 12.6. The molecule has 0 aromatic carbocycles. The molecule has 0 aliphatic carbocycles. The van der Waals surface area contributed by atoms with Gasteiger partial charge in [-0.1, -0.05) is 20.8 Å². The number of rotatable bonds is 3. The average molecular weight is 321 g/mol. The van der Waals surface area contributed by atoms with Crippen molar-refractivity contribution in [3.05, 3.63) is 11.6 Å². The van der Waals surface area contributed by atoms with Gasteiger partial charge < -0.3 is 15.3 Å². The first-order chi connectivity index (χ1) is 11.0. The summed E-state index contributed by atoms with van der Waals surface area (Å²) in [4.78, 5) is 19.0. The Morgan fingerprint density at radius 1 is 1.39 bits per heavy atom. The monoisotopic (exact) mass is 321 g/mol. The lowest BCUT2D eigenvalue weighted by Crippen LogP contribution is -2.47. The highest BCUT2D eigenvalue weighted by Crippen LogP contribution is 2.27. The number of aromatic nitrogens is 3. The number of amides is 2. The molecule has 3 atom stereocenters. The van der Waals surface area contributed by atoms with Gasteiger partial charge in [0.2, 0.25) is 0 Å². The number of likely N-dealkylation sites (tertiary alicyclic amines) is 1. The Bertz CT molecular complexity index is 571. The smallest absolute Gasteiger partial charge is 0.318 e. The van der Waals surface area contributed by atoms with E-state index in [-0.39, 0.29) is 30.6 Å². The van der Waals surface area contributed by atoms with E-state index in [0.29, 0.717) is 12.5 Å². The van der Waals surface area contributed by atoms with Crippen LogP contribution < -0.4 is 5.32 Å². The summed E-state index contributed by atoms with van der Waals surface area (Å²) in [5, 5.41) is 17.2. The number of hydrogen-bond acceptors (Lipinski definition) is 4. The number of fused-ring (bicyclic) bond motifs is 1. The molecule has 7 heteroatoms. The number of aryl methyl sites for hydroxylation is 1. The molecule has 0 radical (unpaired) electrons. The van der Waals surface area contributed by atoms with E-state index in [2.05, 4.69) is 36.2 Å². The van der Waals surface area contributed by atoms with E-state index in [1.54, 1.807) is 4.90 Å². The van der Waals surface area contributed by atoms with Crippen molar-refractivity contribution in [2.24, 2.45) is 5.92 Å². The van der Waals surface area contributed by atoms with Crippen LogP contribution in [0.3, 0.4) is 0 Å². The molecule has 1 fully saturated rings. The van der Waals surface area contributed by atoms with Crippen molar-refractivity contribution in [2.45, 2.75) is 64.6 Å². The zero-order valence-corrected chi connectivity index (χ0v) is 14.2. The molecule has 7 nitrogen and oxygen atoms in total. The number of aliphatic hydroxyl groups excluding tert-OH is 1. The number of urea groups is 1. The number of carbonyl (C=O) groups excluding carboxylic acids is 1. The topological polar surface area (TPSA) is 83.3 Å². The fourth-order valence-corrected chi connectivity index (χ4v) is 3.52. The van der Waals surface area contributed by atoms with E-state index in [1.165, 1.54) is 0 Å². The number of aliphatic hydroxyl groups is 1. The molecule has 0 spiro atoms. The van der Waals surface area contributed by atoms with Gasteiger partial charge in [0.1, 0.15) is 5.82 Å². The molecule has 23 heavy (non-hydrogen) atoms. The van der Waals surface area contributed by atoms with Gasteiger partial charge in [-0.15, -0.1) is 0 Å². The number of hydrogen-bond donors (Lipinski definition) is 2. The molecule has 3 rings (SSSR count). The third-order valence-electron chi connectivity index (χ3n) is 5.04. The summed E-state index contributed by atoms with van der Waals surface area (Å²) in [7, 11) is 0. The average Bonchev–Trinajstić information content (AvgIpc) is 3.11. The van der Waals surface area contributed by atoms with Crippen LogP contribution in [0.1, 0.15) is 63.6 Å². The molecule has 0 bridgehead atoms. The minimum atomic E-state index is -0.0963. The Balaban J connectivity index is 1.73. The molecule has 0 saturated carbocycles. The second-order valence-electron chi connectivity index (χ2n) is 7.06. The number of nitrogens with one attached hydrogen (secondary N) is 1. The van der Waals surface area contributed by atoms with Gasteiger partial charge in [0.25, 0.3) is 0 Å². The normalized spacial score (nSPS) is 27.3. The van der Waals surface area contributed by atoms with E-state index in [9.17, 15) is 9.90 Å². The Morgan fingerprint density at radius 3 is 2.87 bits per heavy atom. The van der Waals surface area contributed by atoms with Gasteiger partial charge in [-0.25, -0.2) is 14.5 Å². The summed E-state index contributed by atoms with van der Waals surface area (Å²) in [5.41, 5.74) is 0. The molecule has 1 aromatic rings. The zero-order chi connectivity index (χ0) is 16.6. The van der Waals surface area contributed by atoms with Gasteiger partial charge in [-0.05, 0) is 25.2 Å². The largest absolute Gasteiger partial charge is 0.394 e. The summed E-state index contributed by atoms with van der Waals surface area (Å²) in [6.45, 7) is 7.82. The van der Waals surface area contributed by atoms with Crippen molar-refractivity contribution in [3.63, 3.8) is 0 Å². The number of nitrogens with zero attached hydrogens (tertiary/aromatic N) is 4. The first-order valence-electron chi connectivity index (χ1n) is 8.64.